The van der Waals surface area contributed by atoms with E-state index in [9.17, 15) is 14.4 Å². The maximum atomic E-state index is 13.1. The molecule has 0 saturated carbocycles. The van der Waals surface area contributed by atoms with E-state index in [4.69, 9.17) is 11.6 Å². The molecule has 150 valence electrons. The van der Waals surface area contributed by atoms with Crippen LogP contribution in [-0.4, -0.2) is 25.0 Å². The van der Waals surface area contributed by atoms with Gasteiger partial charge in [-0.15, -0.1) is 0 Å². The molecule has 1 aromatic carbocycles. The molecule has 0 atom stereocenters. The average molecular weight is 422 g/mol. The highest BCUT2D eigenvalue weighted by Gasteiger charge is 2.16. The van der Waals surface area contributed by atoms with Crippen LogP contribution in [0.4, 0.5) is 5.69 Å². The number of carbonyl (C=O) groups excluding carboxylic acids is 1. The molecule has 1 N–H and O–H groups in total. The van der Waals surface area contributed by atoms with Crippen molar-refractivity contribution in [2.45, 2.75) is 13.1 Å². The Morgan fingerprint density at radius 1 is 0.933 bits per heavy atom. The van der Waals surface area contributed by atoms with Crippen molar-refractivity contribution in [1.82, 2.24) is 19.1 Å². The van der Waals surface area contributed by atoms with Gasteiger partial charge in [-0.3, -0.25) is 23.7 Å². The third-order valence-corrected chi connectivity index (χ3v) is 4.71. The molecule has 0 aliphatic carbocycles. The van der Waals surface area contributed by atoms with Crippen molar-refractivity contribution < 1.29 is 4.79 Å². The Balaban J connectivity index is 1.74. The largest absolute Gasteiger partial charge is 0.332 e. The van der Waals surface area contributed by atoms with E-state index in [-0.39, 0.29) is 24.1 Å². The van der Waals surface area contributed by atoms with Crippen LogP contribution in [-0.2, 0) is 17.9 Å². The summed E-state index contributed by atoms with van der Waals surface area (Å²) in [4.78, 5) is 46.9. The first kappa shape index (κ1) is 19.5. The van der Waals surface area contributed by atoms with Crippen molar-refractivity contribution in [3.63, 3.8) is 0 Å². The number of nitrogens with zero attached hydrogens (tertiary/aromatic N) is 4. The van der Waals surface area contributed by atoms with Crippen LogP contribution in [0.15, 0.2) is 76.6 Å². The first-order valence-corrected chi connectivity index (χ1v) is 9.44. The Kier molecular flexibility index (Phi) is 5.40. The summed E-state index contributed by atoms with van der Waals surface area (Å²) < 4.78 is 2.27. The van der Waals surface area contributed by atoms with Crippen LogP contribution in [0.2, 0.25) is 5.02 Å². The minimum Gasteiger partial charge on any atom is -0.325 e. The second-order valence-electron chi connectivity index (χ2n) is 6.51. The summed E-state index contributed by atoms with van der Waals surface area (Å²) in [5, 5.41) is 3.26. The summed E-state index contributed by atoms with van der Waals surface area (Å²) in [5.41, 5.74) is 0.335. The molecule has 4 aromatic rings. The molecule has 0 saturated heterocycles. The molecule has 0 aliphatic rings. The number of anilines is 1. The van der Waals surface area contributed by atoms with Gasteiger partial charge in [-0.05, 0) is 48.5 Å². The maximum absolute atomic E-state index is 13.1. The van der Waals surface area contributed by atoms with E-state index in [1.807, 2.05) is 0 Å². The number of halogens is 1. The molecule has 0 radical (unpaired) electrons. The molecule has 1 amide bonds. The highest BCUT2D eigenvalue weighted by molar-refractivity contribution is 6.30. The summed E-state index contributed by atoms with van der Waals surface area (Å²) in [7, 11) is 0. The summed E-state index contributed by atoms with van der Waals surface area (Å²) in [5.74, 6) is -0.424. The Morgan fingerprint density at radius 2 is 1.70 bits per heavy atom. The Labute approximate surface area is 175 Å². The van der Waals surface area contributed by atoms with Crippen LogP contribution in [0.5, 0.6) is 0 Å². The quantitative estimate of drug-likeness (QED) is 0.533. The van der Waals surface area contributed by atoms with Gasteiger partial charge in [-0.2, -0.15) is 0 Å². The fourth-order valence-electron chi connectivity index (χ4n) is 3.07. The Morgan fingerprint density at radius 3 is 2.43 bits per heavy atom. The second kappa shape index (κ2) is 8.30. The number of fused-ring (bicyclic) bond motifs is 1. The third-order valence-electron chi connectivity index (χ3n) is 4.46. The minimum absolute atomic E-state index is 0.0240. The van der Waals surface area contributed by atoms with Crippen LogP contribution >= 0.6 is 11.6 Å². The number of carbonyl (C=O) groups is 1. The molecule has 8 nitrogen and oxygen atoms in total. The zero-order chi connectivity index (χ0) is 21.1. The van der Waals surface area contributed by atoms with Crippen molar-refractivity contribution in [3.8, 4) is 0 Å². The zero-order valence-corrected chi connectivity index (χ0v) is 16.4. The Bertz CT molecular complexity index is 1330. The van der Waals surface area contributed by atoms with Crippen molar-refractivity contribution >= 4 is 34.2 Å². The Hall–Kier alpha value is -3.78. The van der Waals surface area contributed by atoms with E-state index >= 15 is 0 Å². The van der Waals surface area contributed by atoms with E-state index in [1.54, 1.807) is 60.8 Å². The average Bonchev–Trinajstić information content (AvgIpc) is 2.76. The number of rotatable bonds is 5. The molecule has 0 aliphatic heterocycles. The van der Waals surface area contributed by atoms with Crippen LogP contribution in [0.25, 0.3) is 11.0 Å². The van der Waals surface area contributed by atoms with Gasteiger partial charge in [0, 0.05) is 23.1 Å². The number of pyridine rings is 2. The van der Waals surface area contributed by atoms with Gasteiger partial charge < -0.3 is 5.32 Å². The summed E-state index contributed by atoms with van der Waals surface area (Å²) in [6, 6.07) is 15.0. The van der Waals surface area contributed by atoms with Gasteiger partial charge >= 0.3 is 5.69 Å². The molecular weight excluding hydrogens is 406 g/mol. The highest BCUT2D eigenvalue weighted by Crippen LogP contribution is 2.13. The summed E-state index contributed by atoms with van der Waals surface area (Å²) >= 11 is 5.86. The number of hydrogen-bond acceptors (Lipinski definition) is 5. The first-order chi connectivity index (χ1) is 14.5. The molecule has 4 rings (SSSR count). The van der Waals surface area contributed by atoms with Crippen LogP contribution < -0.4 is 16.6 Å². The van der Waals surface area contributed by atoms with Crippen molar-refractivity contribution in [2.24, 2.45) is 0 Å². The fraction of sp³-hybridized carbons (Fsp3) is 0.0952. The van der Waals surface area contributed by atoms with Crippen molar-refractivity contribution in [2.75, 3.05) is 5.32 Å². The van der Waals surface area contributed by atoms with Gasteiger partial charge in [0.25, 0.3) is 5.56 Å². The number of nitrogens with one attached hydrogen (secondary N) is 1. The van der Waals surface area contributed by atoms with E-state index in [1.165, 1.54) is 10.8 Å². The monoisotopic (exact) mass is 421 g/mol. The van der Waals surface area contributed by atoms with Gasteiger partial charge in [-0.25, -0.2) is 9.78 Å². The lowest BCUT2D eigenvalue weighted by atomic mass is 10.3. The molecular formula is C21H16ClN5O3. The standard InChI is InChI=1S/C21H16ClN5O3/c22-14-6-8-15(9-7-14)25-18(28)13-26-17-5-3-11-24-19(17)20(29)27(21(26)30)12-16-4-1-2-10-23-16/h1-11H,12-13H2,(H,25,28). The highest BCUT2D eigenvalue weighted by atomic mass is 35.5. The molecule has 30 heavy (non-hydrogen) atoms. The molecule has 0 spiro atoms. The van der Waals surface area contributed by atoms with E-state index in [0.717, 1.165) is 4.57 Å². The smallest absolute Gasteiger partial charge is 0.325 e. The second-order valence-corrected chi connectivity index (χ2v) is 6.94. The molecule has 0 bridgehead atoms. The maximum Gasteiger partial charge on any atom is 0.332 e. The molecule has 0 unspecified atom stereocenters. The third kappa shape index (κ3) is 3.99. The van der Waals surface area contributed by atoms with Gasteiger partial charge in [0.1, 0.15) is 6.54 Å². The van der Waals surface area contributed by atoms with Crippen LogP contribution in [0, 0.1) is 0 Å². The number of aromatic nitrogens is 4. The number of benzene rings is 1. The van der Waals surface area contributed by atoms with Gasteiger partial charge in [0.05, 0.1) is 17.8 Å². The minimum atomic E-state index is -0.614. The SMILES string of the molecule is O=C(Cn1c(=O)n(Cc2ccccn2)c(=O)c2ncccc21)Nc1ccc(Cl)cc1. The fourth-order valence-corrected chi connectivity index (χ4v) is 3.19. The van der Waals surface area contributed by atoms with E-state index < -0.39 is 17.2 Å². The number of amides is 1. The summed E-state index contributed by atoms with van der Waals surface area (Å²) in [6.45, 7) is -0.310. The lowest BCUT2D eigenvalue weighted by Crippen LogP contribution is -2.42. The molecule has 3 heterocycles. The van der Waals surface area contributed by atoms with E-state index in [2.05, 4.69) is 15.3 Å². The molecule has 9 heteroatoms. The van der Waals surface area contributed by atoms with Crippen molar-refractivity contribution in [3.05, 3.63) is 98.5 Å². The lowest BCUT2D eigenvalue weighted by Gasteiger charge is -2.13. The van der Waals surface area contributed by atoms with E-state index in [0.29, 0.717) is 16.4 Å². The van der Waals surface area contributed by atoms with Crippen molar-refractivity contribution in [1.29, 1.82) is 0 Å². The van der Waals surface area contributed by atoms with Gasteiger partial charge in [-0.1, -0.05) is 17.7 Å². The summed E-state index contributed by atoms with van der Waals surface area (Å²) in [6.07, 6.45) is 3.05. The van der Waals surface area contributed by atoms with Crippen LogP contribution in [0.1, 0.15) is 5.69 Å². The topological polar surface area (TPSA) is 98.9 Å². The lowest BCUT2D eigenvalue weighted by molar-refractivity contribution is -0.116. The van der Waals surface area contributed by atoms with Gasteiger partial charge in [0.2, 0.25) is 5.91 Å². The zero-order valence-electron chi connectivity index (χ0n) is 15.7. The molecule has 3 aromatic heterocycles. The first-order valence-electron chi connectivity index (χ1n) is 9.06. The predicted octanol–water partition coefficient (Wildman–Crippen LogP) is 2.29. The number of hydrogen-bond donors (Lipinski definition) is 1. The normalized spacial score (nSPS) is 10.8. The van der Waals surface area contributed by atoms with Gasteiger partial charge in [0.15, 0.2) is 5.52 Å². The van der Waals surface area contributed by atoms with Crippen LogP contribution in [0.3, 0.4) is 0 Å². The molecule has 0 fully saturated rings. The predicted molar refractivity (Wildman–Crippen MR) is 114 cm³/mol.